The molecule has 1 saturated heterocycles. The van der Waals surface area contributed by atoms with Gasteiger partial charge in [-0.25, -0.2) is 0 Å². The van der Waals surface area contributed by atoms with E-state index in [4.69, 9.17) is 0 Å². The highest BCUT2D eigenvalue weighted by Gasteiger charge is 2.33. The van der Waals surface area contributed by atoms with E-state index < -0.39 is 16.9 Å². The first-order chi connectivity index (χ1) is 6.66. The zero-order chi connectivity index (χ0) is 10.6. The standard InChI is InChI=1S/C9H16O2S3/c1-3-5-12-13-8-4-6-14(11)7(2)9(8)10/h3,7-10H,1,4-6H2,2H3. The van der Waals surface area contributed by atoms with Crippen molar-refractivity contribution >= 4 is 32.4 Å². The third-order valence-electron chi connectivity index (χ3n) is 2.26. The molecule has 14 heavy (non-hydrogen) atoms. The predicted molar refractivity (Wildman–Crippen MR) is 67.1 cm³/mol. The van der Waals surface area contributed by atoms with Gasteiger partial charge < -0.3 is 5.11 Å². The van der Waals surface area contributed by atoms with Crippen LogP contribution in [0.15, 0.2) is 12.7 Å². The minimum Gasteiger partial charge on any atom is -0.391 e. The van der Waals surface area contributed by atoms with Gasteiger partial charge in [-0.2, -0.15) is 0 Å². The fraction of sp³-hybridized carbons (Fsp3) is 0.778. The maximum atomic E-state index is 11.4. The Morgan fingerprint density at radius 2 is 2.43 bits per heavy atom. The summed E-state index contributed by atoms with van der Waals surface area (Å²) in [5, 5.41) is 10.0. The molecule has 4 unspecified atom stereocenters. The molecule has 0 bridgehead atoms. The molecule has 1 heterocycles. The molecule has 0 aromatic rings. The molecular formula is C9H16O2S3. The van der Waals surface area contributed by atoms with Crippen LogP contribution in [0.25, 0.3) is 0 Å². The maximum Gasteiger partial charge on any atom is 0.0808 e. The highest BCUT2D eigenvalue weighted by Crippen LogP contribution is 2.35. The number of hydrogen-bond acceptors (Lipinski definition) is 4. The number of rotatable bonds is 4. The summed E-state index contributed by atoms with van der Waals surface area (Å²) < 4.78 is 11.4. The lowest BCUT2D eigenvalue weighted by Crippen LogP contribution is -2.42. The van der Waals surface area contributed by atoms with E-state index in [-0.39, 0.29) is 10.5 Å². The van der Waals surface area contributed by atoms with Crippen molar-refractivity contribution in [2.24, 2.45) is 0 Å². The quantitative estimate of drug-likeness (QED) is 0.470. The fourth-order valence-electron chi connectivity index (χ4n) is 1.33. The van der Waals surface area contributed by atoms with Crippen molar-refractivity contribution in [1.82, 2.24) is 0 Å². The Kier molecular flexibility index (Phi) is 5.59. The Morgan fingerprint density at radius 1 is 1.71 bits per heavy atom. The third-order valence-corrected chi connectivity index (χ3v) is 6.83. The zero-order valence-corrected chi connectivity index (χ0v) is 10.7. The van der Waals surface area contributed by atoms with Crippen molar-refractivity contribution < 1.29 is 9.32 Å². The molecule has 1 N–H and O–H groups in total. The van der Waals surface area contributed by atoms with Crippen molar-refractivity contribution in [3.63, 3.8) is 0 Å². The Hall–Kier alpha value is 0.550. The van der Waals surface area contributed by atoms with Gasteiger partial charge in [-0.3, -0.25) is 4.21 Å². The van der Waals surface area contributed by atoms with E-state index in [1.54, 1.807) is 21.6 Å². The first-order valence-corrected chi connectivity index (χ1v) is 8.37. The Bertz CT molecular complexity index is 220. The van der Waals surface area contributed by atoms with Gasteiger partial charge in [0, 0.05) is 27.6 Å². The summed E-state index contributed by atoms with van der Waals surface area (Å²) in [5.41, 5.74) is 0. The van der Waals surface area contributed by atoms with Crippen molar-refractivity contribution in [2.45, 2.75) is 29.9 Å². The van der Waals surface area contributed by atoms with Crippen molar-refractivity contribution in [3.8, 4) is 0 Å². The molecule has 2 nitrogen and oxygen atoms in total. The zero-order valence-electron chi connectivity index (χ0n) is 8.22. The van der Waals surface area contributed by atoms with E-state index in [1.165, 1.54) is 0 Å². The second-order valence-electron chi connectivity index (χ2n) is 3.28. The molecule has 5 heteroatoms. The van der Waals surface area contributed by atoms with E-state index in [2.05, 4.69) is 6.58 Å². The van der Waals surface area contributed by atoms with E-state index >= 15 is 0 Å². The second-order valence-corrected chi connectivity index (χ2v) is 7.84. The first kappa shape index (κ1) is 12.6. The van der Waals surface area contributed by atoms with Crippen LogP contribution in [-0.4, -0.2) is 37.4 Å². The van der Waals surface area contributed by atoms with Gasteiger partial charge in [0.05, 0.1) is 11.4 Å². The summed E-state index contributed by atoms with van der Waals surface area (Å²) in [6.07, 6.45) is 2.29. The molecular weight excluding hydrogens is 236 g/mol. The molecule has 82 valence electrons. The number of aliphatic hydroxyl groups is 1. The van der Waals surface area contributed by atoms with Crippen LogP contribution in [0.5, 0.6) is 0 Å². The van der Waals surface area contributed by atoms with Gasteiger partial charge in [0.15, 0.2) is 0 Å². The molecule has 1 rings (SSSR count). The minimum atomic E-state index is -0.836. The normalized spacial score (nSPS) is 38.1. The molecule has 0 aliphatic carbocycles. The van der Waals surface area contributed by atoms with Crippen LogP contribution in [0.4, 0.5) is 0 Å². The summed E-state index contributed by atoms with van der Waals surface area (Å²) in [6, 6.07) is 0. The van der Waals surface area contributed by atoms with E-state index in [0.29, 0.717) is 0 Å². The number of hydrogen-bond donors (Lipinski definition) is 1. The second kappa shape index (κ2) is 6.20. The number of aliphatic hydroxyl groups excluding tert-OH is 1. The largest absolute Gasteiger partial charge is 0.391 e. The smallest absolute Gasteiger partial charge is 0.0808 e. The van der Waals surface area contributed by atoms with Gasteiger partial charge in [0.25, 0.3) is 0 Å². The SMILES string of the molecule is C=CCSSC1CCS(=O)C(C)C1O. The summed E-state index contributed by atoms with van der Waals surface area (Å²) in [6.45, 7) is 5.51. The maximum absolute atomic E-state index is 11.4. The highest BCUT2D eigenvalue weighted by molar-refractivity contribution is 8.77. The van der Waals surface area contributed by atoms with Crippen LogP contribution < -0.4 is 0 Å². The topological polar surface area (TPSA) is 37.3 Å². The van der Waals surface area contributed by atoms with Gasteiger partial charge in [-0.1, -0.05) is 27.7 Å². The minimum absolute atomic E-state index is 0.0782. The molecule has 0 radical (unpaired) electrons. The Labute approximate surface area is 95.8 Å². The summed E-state index contributed by atoms with van der Waals surface area (Å²) >= 11 is 0. The molecule has 0 aromatic heterocycles. The van der Waals surface area contributed by atoms with Crippen molar-refractivity contribution in [1.29, 1.82) is 0 Å². The van der Waals surface area contributed by atoms with E-state index in [0.717, 1.165) is 17.9 Å². The summed E-state index contributed by atoms with van der Waals surface area (Å²) in [7, 11) is 2.57. The molecule has 0 saturated carbocycles. The highest BCUT2D eigenvalue weighted by atomic mass is 33.1. The average molecular weight is 252 g/mol. The lowest BCUT2D eigenvalue weighted by atomic mass is 10.1. The monoisotopic (exact) mass is 252 g/mol. The Morgan fingerprint density at radius 3 is 3.07 bits per heavy atom. The van der Waals surface area contributed by atoms with Crippen molar-refractivity contribution in [3.05, 3.63) is 12.7 Å². The molecule has 1 aliphatic rings. The van der Waals surface area contributed by atoms with Crippen molar-refractivity contribution in [2.75, 3.05) is 11.5 Å². The average Bonchev–Trinajstić information content (AvgIpc) is 2.18. The molecule has 4 atom stereocenters. The summed E-state index contributed by atoms with van der Waals surface area (Å²) in [4.78, 5) is 0. The first-order valence-electron chi connectivity index (χ1n) is 4.61. The van der Waals surface area contributed by atoms with E-state index in [1.807, 2.05) is 13.0 Å². The van der Waals surface area contributed by atoms with Gasteiger partial charge in [0.2, 0.25) is 0 Å². The van der Waals surface area contributed by atoms with Gasteiger partial charge in [0.1, 0.15) is 0 Å². The van der Waals surface area contributed by atoms with E-state index in [9.17, 15) is 9.32 Å². The fourth-order valence-corrected chi connectivity index (χ4v) is 5.53. The summed E-state index contributed by atoms with van der Waals surface area (Å²) in [5.74, 6) is 1.62. The Balaban J connectivity index is 2.38. The molecule has 0 amide bonds. The van der Waals surface area contributed by atoms with Gasteiger partial charge in [-0.05, 0) is 13.3 Å². The van der Waals surface area contributed by atoms with Crippen LogP contribution in [-0.2, 0) is 10.8 Å². The van der Waals surface area contributed by atoms with Crippen LogP contribution >= 0.6 is 21.6 Å². The third kappa shape index (κ3) is 3.29. The lowest BCUT2D eigenvalue weighted by molar-refractivity contribution is 0.165. The van der Waals surface area contributed by atoms with Crippen LogP contribution in [0.1, 0.15) is 13.3 Å². The molecule has 1 aliphatic heterocycles. The van der Waals surface area contributed by atoms with Crippen LogP contribution in [0.2, 0.25) is 0 Å². The molecule has 0 aromatic carbocycles. The van der Waals surface area contributed by atoms with Crippen LogP contribution in [0, 0.1) is 0 Å². The van der Waals surface area contributed by atoms with Gasteiger partial charge >= 0.3 is 0 Å². The molecule has 0 spiro atoms. The molecule has 1 fully saturated rings. The van der Waals surface area contributed by atoms with Crippen LogP contribution in [0.3, 0.4) is 0 Å². The lowest BCUT2D eigenvalue weighted by Gasteiger charge is -2.31. The predicted octanol–water partition coefficient (Wildman–Crippen LogP) is 1.82. The van der Waals surface area contributed by atoms with Gasteiger partial charge in [-0.15, -0.1) is 6.58 Å².